The molecule has 0 bridgehead atoms. The van der Waals surface area contributed by atoms with Crippen LogP contribution in [0.5, 0.6) is 0 Å². The Hall–Kier alpha value is -2.33. The fourth-order valence-electron chi connectivity index (χ4n) is 3.27. The molecule has 2 aromatic carbocycles. The van der Waals surface area contributed by atoms with Gasteiger partial charge < -0.3 is 10.2 Å². The van der Waals surface area contributed by atoms with Gasteiger partial charge in [0.1, 0.15) is 6.04 Å². The van der Waals surface area contributed by atoms with E-state index in [0.717, 1.165) is 22.3 Å². The molecule has 28 heavy (non-hydrogen) atoms. The van der Waals surface area contributed by atoms with E-state index in [1.54, 1.807) is 17.9 Å². The van der Waals surface area contributed by atoms with Crippen molar-refractivity contribution in [1.29, 1.82) is 0 Å². The molecular weight excluding hydrogens is 372 g/mol. The number of aryl methyl sites for hydroxylation is 2. The first-order valence-corrected chi connectivity index (χ1v) is 9.95. The quantitative estimate of drug-likeness (QED) is 0.746. The van der Waals surface area contributed by atoms with E-state index in [2.05, 4.69) is 11.4 Å². The van der Waals surface area contributed by atoms with E-state index in [4.69, 9.17) is 11.6 Å². The molecule has 0 fully saturated rings. The number of halogens is 1. The molecule has 2 amide bonds. The Kier molecular flexibility index (Phi) is 7.64. The zero-order valence-electron chi connectivity index (χ0n) is 17.3. The molecule has 0 heterocycles. The van der Waals surface area contributed by atoms with Crippen LogP contribution in [-0.2, 0) is 22.6 Å². The molecular formula is C23H29ClN2O2. The number of benzene rings is 2. The lowest BCUT2D eigenvalue weighted by molar-refractivity contribution is -0.140. The molecule has 5 heteroatoms. The zero-order chi connectivity index (χ0) is 20.8. The van der Waals surface area contributed by atoms with Crippen LogP contribution in [-0.4, -0.2) is 28.8 Å². The SMILES string of the molecule is Cc1cc(C)cc(CC(=O)N(Cc2cccc(Cl)c2)[C@@H](C)C(=O)NC(C)C)c1. The van der Waals surface area contributed by atoms with Crippen molar-refractivity contribution in [3.05, 3.63) is 69.7 Å². The van der Waals surface area contributed by atoms with Crippen molar-refractivity contribution in [3.8, 4) is 0 Å². The first kappa shape index (κ1) is 22.0. The molecule has 2 aromatic rings. The number of nitrogens with zero attached hydrogens (tertiary/aromatic N) is 1. The molecule has 1 N–H and O–H groups in total. The summed E-state index contributed by atoms with van der Waals surface area (Å²) in [5.74, 6) is -0.248. The maximum atomic E-state index is 13.2. The number of hydrogen-bond donors (Lipinski definition) is 1. The van der Waals surface area contributed by atoms with E-state index in [1.807, 2.05) is 58.0 Å². The van der Waals surface area contributed by atoms with Crippen LogP contribution in [0.1, 0.15) is 43.0 Å². The van der Waals surface area contributed by atoms with E-state index in [1.165, 1.54) is 0 Å². The third kappa shape index (κ3) is 6.38. The lowest BCUT2D eigenvalue weighted by Crippen LogP contribution is -2.49. The second-order valence-electron chi connectivity index (χ2n) is 7.66. The predicted octanol–water partition coefficient (Wildman–Crippen LogP) is 4.44. The van der Waals surface area contributed by atoms with Crippen molar-refractivity contribution in [2.45, 2.75) is 59.7 Å². The summed E-state index contributed by atoms with van der Waals surface area (Å²) in [6.45, 7) is 9.94. The van der Waals surface area contributed by atoms with Crippen molar-refractivity contribution >= 4 is 23.4 Å². The summed E-state index contributed by atoms with van der Waals surface area (Å²) in [5.41, 5.74) is 4.09. The van der Waals surface area contributed by atoms with Gasteiger partial charge in [0.2, 0.25) is 11.8 Å². The lowest BCUT2D eigenvalue weighted by Gasteiger charge is -2.29. The van der Waals surface area contributed by atoms with Crippen LogP contribution < -0.4 is 5.32 Å². The van der Waals surface area contributed by atoms with Gasteiger partial charge in [0.25, 0.3) is 0 Å². The number of rotatable bonds is 7. The van der Waals surface area contributed by atoms with Gasteiger partial charge in [-0.15, -0.1) is 0 Å². The normalized spacial score (nSPS) is 12.0. The van der Waals surface area contributed by atoms with Gasteiger partial charge in [-0.2, -0.15) is 0 Å². The van der Waals surface area contributed by atoms with Gasteiger partial charge in [-0.25, -0.2) is 0 Å². The molecule has 4 nitrogen and oxygen atoms in total. The van der Waals surface area contributed by atoms with Gasteiger partial charge in [-0.3, -0.25) is 9.59 Å². The highest BCUT2D eigenvalue weighted by Crippen LogP contribution is 2.17. The minimum absolute atomic E-state index is 0.0116. The zero-order valence-corrected chi connectivity index (χ0v) is 18.0. The topological polar surface area (TPSA) is 49.4 Å². The van der Waals surface area contributed by atoms with Crippen molar-refractivity contribution in [2.75, 3.05) is 0 Å². The molecule has 1 atom stereocenters. The average Bonchev–Trinajstić information content (AvgIpc) is 2.57. The highest BCUT2D eigenvalue weighted by Gasteiger charge is 2.26. The van der Waals surface area contributed by atoms with E-state index in [9.17, 15) is 9.59 Å². The van der Waals surface area contributed by atoms with Crippen molar-refractivity contribution < 1.29 is 9.59 Å². The first-order chi connectivity index (χ1) is 13.2. The number of carbonyl (C=O) groups excluding carboxylic acids is 2. The number of carbonyl (C=O) groups is 2. The van der Waals surface area contributed by atoms with E-state index in [-0.39, 0.29) is 24.3 Å². The molecule has 150 valence electrons. The smallest absolute Gasteiger partial charge is 0.242 e. The Morgan fingerprint density at radius 1 is 1.00 bits per heavy atom. The van der Waals surface area contributed by atoms with E-state index in [0.29, 0.717) is 11.6 Å². The maximum absolute atomic E-state index is 13.2. The molecule has 0 aliphatic rings. The molecule has 0 aliphatic heterocycles. The van der Waals surface area contributed by atoms with Crippen molar-refractivity contribution in [2.24, 2.45) is 0 Å². The Balaban J connectivity index is 2.27. The van der Waals surface area contributed by atoms with Gasteiger partial charge in [-0.05, 0) is 57.9 Å². The second kappa shape index (κ2) is 9.74. The van der Waals surface area contributed by atoms with Crippen LogP contribution in [0, 0.1) is 13.8 Å². The summed E-state index contributed by atoms with van der Waals surface area (Å²) in [7, 11) is 0. The highest BCUT2D eigenvalue weighted by molar-refractivity contribution is 6.30. The van der Waals surface area contributed by atoms with Crippen LogP contribution in [0.2, 0.25) is 5.02 Å². The van der Waals surface area contributed by atoms with Crippen LogP contribution >= 0.6 is 11.6 Å². The van der Waals surface area contributed by atoms with Gasteiger partial charge in [0.05, 0.1) is 6.42 Å². The fourth-order valence-corrected chi connectivity index (χ4v) is 3.48. The van der Waals surface area contributed by atoms with Gasteiger partial charge >= 0.3 is 0 Å². The lowest BCUT2D eigenvalue weighted by atomic mass is 10.0. The van der Waals surface area contributed by atoms with Gasteiger partial charge in [0, 0.05) is 17.6 Å². The summed E-state index contributed by atoms with van der Waals surface area (Å²) in [6.07, 6.45) is 0.252. The molecule has 0 aliphatic carbocycles. The summed E-state index contributed by atoms with van der Waals surface area (Å²) < 4.78 is 0. The average molecular weight is 401 g/mol. The fraction of sp³-hybridized carbons (Fsp3) is 0.391. The van der Waals surface area contributed by atoms with E-state index >= 15 is 0 Å². The molecule has 0 spiro atoms. The van der Waals surface area contributed by atoms with Gasteiger partial charge in [0.15, 0.2) is 0 Å². The standard InChI is InChI=1S/C23H29ClN2O2/c1-15(2)25-23(28)18(5)26(14-19-7-6-8-21(24)12-19)22(27)13-20-10-16(3)9-17(4)11-20/h6-12,15,18H,13-14H2,1-5H3,(H,25,28)/t18-/m0/s1. The molecule has 2 rings (SSSR count). The van der Waals surface area contributed by atoms with Crippen LogP contribution in [0.15, 0.2) is 42.5 Å². The van der Waals surface area contributed by atoms with Crippen LogP contribution in [0.25, 0.3) is 0 Å². The summed E-state index contributed by atoms with van der Waals surface area (Å²) in [5, 5.41) is 3.51. The van der Waals surface area contributed by atoms with Crippen LogP contribution in [0.4, 0.5) is 0 Å². The van der Waals surface area contributed by atoms with Crippen molar-refractivity contribution in [3.63, 3.8) is 0 Å². The highest BCUT2D eigenvalue weighted by atomic mass is 35.5. The largest absolute Gasteiger partial charge is 0.352 e. The predicted molar refractivity (Wildman–Crippen MR) is 114 cm³/mol. The minimum Gasteiger partial charge on any atom is -0.352 e. The first-order valence-electron chi connectivity index (χ1n) is 9.57. The van der Waals surface area contributed by atoms with E-state index < -0.39 is 6.04 Å². The Bertz CT molecular complexity index is 828. The number of amides is 2. The Morgan fingerprint density at radius 2 is 1.64 bits per heavy atom. The monoisotopic (exact) mass is 400 g/mol. The molecule has 0 unspecified atom stereocenters. The molecule has 0 saturated carbocycles. The maximum Gasteiger partial charge on any atom is 0.242 e. The number of nitrogens with one attached hydrogen (secondary N) is 1. The Labute approximate surface area is 172 Å². The van der Waals surface area contributed by atoms with Crippen LogP contribution in [0.3, 0.4) is 0 Å². The van der Waals surface area contributed by atoms with Gasteiger partial charge in [-0.1, -0.05) is 53.1 Å². The third-order valence-corrected chi connectivity index (χ3v) is 4.71. The molecule has 0 radical (unpaired) electrons. The summed E-state index contributed by atoms with van der Waals surface area (Å²) >= 11 is 6.10. The number of hydrogen-bond acceptors (Lipinski definition) is 2. The third-order valence-electron chi connectivity index (χ3n) is 4.48. The summed E-state index contributed by atoms with van der Waals surface area (Å²) in [4.78, 5) is 27.4. The molecule has 0 saturated heterocycles. The van der Waals surface area contributed by atoms with Crippen molar-refractivity contribution in [1.82, 2.24) is 10.2 Å². The second-order valence-corrected chi connectivity index (χ2v) is 8.10. The molecule has 0 aromatic heterocycles. The summed E-state index contributed by atoms with van der Waals surface area (Å²) in [6, 6.07) is 12.9. The minimum atomic E-state index is -0.584. The Morgan fingerprint density at radius 3 is 2.21 bits per heavy atom.